The first-order chi connectivity index (χ1) is 23.9. The van der Waals surface area contributed by atoms with E-state index in [1.54, 1.807) is 25.1 Å². The fourth-order valence-corrected chi connectivity index (χ4v) is 5.82. The fourth-order valence-electron chi connectivity index (χ4n) is 4.56. The smallest absolute Gasteiger partial charge is 0.349 e. The Morgan fingerprint density at radius 1 is 1.08 bits per heavy atom. The summed E-state index contributed by atoms with van der Waals surface area (Å²) in [5, 5.41) is 14.7. The molecule has 0 spiro atoms. The monoisotopic (exact) mass is 789 g/mol. The minimum Gasteiger partial charge on any atom is -0.480 e. The van der Waals surface area contributed by atoms with Gasteiger partial charge in [-0.3, -0.25) is 18.9 Å². The van der Waals surface area contributed by atoms with E-state index in [2.05, 4.69) is 25.6 Å². The second-order valence-corrected chi connectivity index (χ2v) is 15.3. The van der Waals surface area contributed by atoms with Crippen molar-refractivity contribution in [3.8, 4) is 0 Å². The van der Waals surface area contributed by atoms with Gasteiger partial charge in [0.2, 0.25) is 17.2 Å². The van der Waals surface area contributed by atoms with E-state index in [9.17, 15) is 23.7 Å². The summed E-state index contributed by atoms with van der Waals surface area (Å²) < 4.78 is 15.5. The Kier molecular flexibility index (Phi) is 17.5. The van der Waals surface area contributed by atoms with Crippen molar-refractivity contribution in [2.24, 2.45) is 5.73 Å². The van der Waals surface area contributed by atoms with Crippen LogP contribution in [0.5, 0.6) is 0 Å². The number of amides is 2. The summed E-state index contributed by atoms with van der Waals surface area (Å²) in [6.07, 6.45) is 4.45. The molecule has 4 rings (SSSR count). The Bertz CT molecular complexity index is 1670. The van der Waals surface area contributed by atoms with Crippen LogP contribution in [0.15, 0.2) is 34.4 Å². The van der Waals surface area contributed by atoms with Gasteiger partial charge in [-0.25, -0.2) is 9.69 Å². The normalized spacial score (nSPS) is 15.9. The van der Waals surface area contributed by atoms with Crippen LogP contribution < -0.4 is 21.3 Å². The molecule has 2 heterocycles. The number of halogens is 3. The molecule has 0 radical (unpaired) electrons. The average Bonchev–Trinajstić information content (AvgIpc) is 3.30. The molecule has 1 aliphatic heterocycles. The number of carboxylic acid groups (broad SMARTS) is 1. The summed E-state index contributed by atoms with van der Waals surface area (Å²) in [7, 11) is -3.10. The van der Waals surface area contributed by atoms with Crippen molar-refractivity contribution in [2.45, 2.75) is 71.9 Å². The molecule has 0 fully saturated rings. The van der Waals surface area contributed by atoms with Gasteiger partial charge in [-0.05, 0) is 101 Å². The number of carbonyl (C=O) groups is 4. The molecular weight excluding hydrogens is 748 g/mol. The van der Waals surface area contributed by atoms with Crippen LogP contribution in [-0.2, 0) is 28.5 Å². The Hall–Kier alpha value is -3.59. The standard InChI is InChI=1S/C19H17Cl2NO4.C8H14ClN5.C5H12NO4P/c1-2-26-19(25)16(21)10-11-9-12(7-8-15(11)20)22-17(23)13-5-3-4-6-14(13)18(22)24;1-4-10-7-12-6(9)13-8(14-7)11-5(2)3;1-11(9,10)3-2-4(6)5(7)8/h7-10H,2-6H2,1H3;5H,4H2,1-3H3,(H2,10,11,12,13,14);4H,2-3,6H2,1H3,(H,7,8)(H,9,10)/b16-10-;;. The number of imide groups is 1. The molecule has 2 unspecified atom stereocenters. The molecule has 2 amide bonds. The lowest BCUT2D eigenvalue weighted by atomic mass is 9.93. The van der Waals surface area contributed by atoms with Crippen molar-refractivity contribution in [1.29, 1.82) is 0 Å². The number of aliphatic carboxylic acids is 1. The molecule has 6 N–H and O–H groups in total. The Balaban J connectivity index is 0.000000303. The van der Waals surface area contributed by atoms with Gasteiger partial charge in [-0.15, -0.1) is 0 Å². The van der Waals surface area contributed by atoms with Crippen LogP contribution >= 0.6 is 42.2 Å². The van der Waals surface area contributed by atoms with Crippen molar-refractivity contribution >= 4 is 89.6 Å². The van der Waals surface area contributed by atoms with Crippen LogP contribution in [0, 0.1) is 0 Å². The van der Waals surface area contributed by atoms with E-state index in [-0.39, 0.29) is 47.4 Å². The largest absolute Gasteiger partial charge is 0.480 e. The summed E-state index contributed by atoms with van der Waals surface area (Å²) in [6, 6.07) is 3.97. The first-order valence-corrected chi connectivity index (χ1v) is 19.4. The molecule has 0 bridgehead atoms. The number of esters is 1. The fraction of sp³-hybridized carbons (Fsp3) is 0.469. The number of nitrogens with one attached hydrogen (secondary N) is 2. The third-order valence-electron chi connectivity index (χ3n) is 6.91. The zero-order chi connectivity index (χ0) is 38.5. The molecule has 15 nitrogen and oxygen atoms in total. The highest BCUT2D eigenvalue weighted by Gasteiger charge is 2.39. The second-order valence-electron chi connectivity index (χ2n) is 11.6. The predicted molar refractivity (Wildman–Crippen MR) is 199 cm³/mol. The molecule has 0 saturated carbocycles. The molecule has 2 aliphatic rings. The van der Waals surface area contributed by atoms with Crippen molar-refractivity contribution in [3.05, 3.63) is 50.2 Å². The number of nitrogens with zero attached hydrogens (tertiary/aromatic N) is 4. The van der Waals surface area contributed by atoms with Crippen molar-refractivity contribution in [3.63, 3.8) is 0 Å². The van der Waals surface area contributed by atoms with E-state index >= 15 is 0 Å². The molecule has 51 heavy (non-hydrogen) atoms. The second kappa shape index (κ2) is 20.4. The zero-order valence-electron chi connectivity index (χ0n) is 28.9. The number of aromatic nitrogens is 3. The van der Waals surface area contributed by atoms with Crippen molar-refractivity contribution in [2.75, 3.05) is 41.5 Å². The van der Waals surface area contributed by atoms with E-state index < -0.39 is 25.3 Å². The lowest BCUT2D eigenvalue weighted by Gasteiger charge is -2.16. The van der Waals surface area contributed by atoms with Crippen molar-refractivity contribution < 1.29 is 38.5 Å². The molecule has 1 aliphatic carbocycles. The molecule has 19 heteroatoms. The summed E-state index contributed by atoms with van der Waals surface area (Å²) in [5.41, 5.74) is 7.14. The number of carbonyl (C=O) groups excluding carboxylic acids is 3. The van der Waals surface area contributed by atoms with Crippen LogP contribution in [0.3, 0.4) is 0 Å². The van der Waals surface area contributed by atoms with Gasteiger partial charge in [-0.2, -0.15) is 15.0 Å². The van der Waals surface area contributed by atoms with E-state index in [0.717, 1.165) is 19.4 Å². The molecule has 1 aromatic carbocycles. The van der Waals surface area contributed by atoms with Crippen LogP contribution in [0.2, 0.25) is 10.3 Å². The Morgan fingerprint density at radius 2 is 1.67 bits per heavy atom. The maximum Gasteiger partial charge on any atom is 0.349 e. The van der Waals surface area contributed by atoms with E-state index in [0.29, 0.717) is 52.2 Å². The first-order valence-electron chi connectivity index (χ1n) is 16.0. The maximum atomic E-state index is 12.7. The van der Waals surface area contributed by atoms with E-state index in [1.807, 2.05) is 20.8 Å². The quantitative estimate of drug-likeness (QED) is 0.0753. The van der Waals surface area contributed by atoms with Gasteiger partial charge in [0.05, 0.1) is 12.3 Å². The number of hydrogen-bond donors (Lipinski definition) is 5. The van der Waals surface area contributed by atoms with E-state index in [4.69, 9.17) is 55.3 Å². The zero-order valence-corrected chi connectivity index (χ0v) is 32.1. The van der Waals surface area contributed by atoms with Crippen molar-refractivity contribution in [1.82, 2.24) is 15.0 Å². The highest BCUT2D eigenvalue weighted by atomic mass is 35.5. The number of benzene rings is 1. The summed E-state index contributed by atoms with van der Waals surface area (Å²) in [5.74, 6) is -1.37. The number of nitrogens with two attached hydrogens (primary N) is 1. The molecule has 2 aromatic rings. The van der Waals surface area contributed by atoms with E-state index in [1.165, 1.54) is 17.6 Å². The molecule has 280 valence electrons. The van der Waals surface area contributed by atoms with Crippen LogP contribution in [-0.4, -0.2) is 86.8 Å². The van der Waals surface area contributed by atoms with Crippen LogP contribution in [0.1, 0.15) is 65.4 Å². The Labute approximate surface area is 311 Å². The van der Waals surface area contributed by atoms with Crippen LogP contribution in [0.4, 0.5) is 17.6 Å². The van der Waals surface area contributed by atoms with Gasteiger partial charge in [0, 0.05) is 41.6 Å². The summed E-state index contributed by atoms with van der Waals surface area (Å²) >= 11 is 17.9. The number of carboxylic acids is 1. The SMILES string of the molecule is CCNc1nc(Cl)nc(NC(C)C)n1.CCOC(=O)/C(Cl)=C/c1cc(N2C(=O)C3=C(CCCC3)C2=O)ccc1Cl.CP(=O)(O)CCC(N)C(=O)O. The van der Waals surface area contributed by atoms with Gasteiger partial charge in [-0.1, -0.05) is 23.2 Å². The van der Waals surface area contributed by atoms with Crippen LogP contribution in [0.25, 0.3) is 6.08 Å². The predicted octanol–water partition coefficient (Wildman–Crippen LogP) is 5.69. The van der Waals surface area contributed by atoms with Gasteiger partial charge in [0.25, 0.3) is 11.8 Å². The average molecular weight is 791 g/mol. The number of rotatable bonds is 12. The molecule has 0 saturated heterocycles. The van der Waals surface area contributed by atoms with Gasteiger partial charge < -0.3 is 31.1 Å². The lowest BCUT2D eigenvalue weighted by Crippen LogP contribution is -2.31. The van der Waals surface area contributed by atoms with Gasteiger partial charge >= 0.3 is 11.9 Å². The summed E-state index contributed by atoms with van der Waals surface area (Å²) in [6.45, 7) is 9.78. The van der Waals surface area contributed by atoms with Gasteiger partial charge in [0.1, 0.15) is 11.1 Å². The summed E-state index contributed by atoms with van der Waals surface area (Å²) in [4.78, 5) is 69.1. The lowest BCUT2D eigenvalue weighted by molar-refractivity contribution is -0.139. The Morgan fingerprint density at radius 3 is 2.18 bits per heavy atom. The first kappa shape index (κ1) is 43.6. The molecular formula is C32H43Cl3N7O8P. The maximum absolute atomic E-state index is 12.7. The van der Waals surface area contributed by atoms with Gasteiger partial charge in [0.15, 0.2) is 7.37 Å². The number of anilines is 3. The number of hydrogen-bond acceptors (Lipinski definition) is 12. The molecule has 2 atom stereocenters. The molecule has 1 aromatic heterocycles. The highest BCUT2D eigenvalue weighted by Crippen LogP contribution is 2.37. The third kappa shape index (κ3) is 14.2. The third-order valence-corrected chi connectivity index (χ3v) is 8.78. The highest BCUT2D eigenvalue weighted by molar-refractivity contribution is 7.57. The topological polar surface area (TPSA) is 227 Å². The minimum atomic E-state index is -3.10. The minimum absolute atomic E-state index is 0.0412. The number of ether oxygens (including phenoxy) is 1.